The van der Waals surface area contributed by atoms with Crippen LogP contribution in [0.25, 0.3) is 10.8 Å². The minimum absolute atomic E-state index is 0.138. The third-order valence-electron chi connectivity index (χ3n) is 8.75. The normalized spacial score (nSPS) is 20.3. The van der Waals surface area contributed by atoms with Crippen molar-refractivity contribution in [3.63, 3.8) is 0 Å². The van der Waals surface area contributed by atoms with E-state index in [1.165, 1.54) is 6.08 Å². The van der Waals surface area contributed by atoms with E-state index in [0.29, 0.717) is 61.8 Å². The van der Waals surface area contributed by atoms with Crippen molar-refractivity contribution in [2.45, 2.75) is 44.4 Å². The van der Waals surface area contributed by atoms with Gasteiger partial charge in [0.05, 0.1) is 37.3 Å². The van der Waals surface area contributed by atoms with Crippen molar-refractivity contribution < 1.29 is 14.3 Å². The molecule has 3 aromatic rings. The van der Waals surface area contributed by atoms with Gasteiger partial charge in [0.25, 0.3) is 5.91 Å². The van der Waals surface area contributed by atoms with Crippen LogP contribution in [0.4, 0.5) is 5.82 Å². The summed E-state index contributed by atoms with van der Waals surface area (Å²) in [7, 11) is 2.10. The number of ether oxygens (including phenoxy) is 1. The Balaban J connectivity index is 1.32. The van der Waals surface area contributed by atoms with Gasteiger partial charge in [-0.3, -0.25) is 9.59 Å². The molecule has 2 amide bonds. The van der Waals surface area contributed by atoms with Gasteiger partial charge in [0.2, 0.25) is 5.91 Å². The Bertz CT molecular complexity index is 1620. The van der Waals surface area contributed by atoms with Gasteiger partial charge < -0.3 is 24.3 Å². The van der Waals surface area contributed by atoms with Gasteiger partial charge in [0, 0.05) is 47.2 Å². The highest BCUT2D eigenvalue weighted by molar-refractivity contribution is 6.36. The molecule has 2 fully saturated rings. The zero-order valence-corrected chi connectivity index (χ0v) is 25.0. The number of likely N-dealkylation sites (tertiary alicyclic amines) is 1. The summed E-state index contributed by atoms with van der Waals surface area (Å²) in [6, 6.07) is 13.7. The molecule has 11 heteroatoms. The van der Waals surface area contributed by atoms with Crippen molar-refractivity contribution >= 4 is 40.0 Å². The number of hydrogen-bond donors (Lipinski definition) is 0. The highest BCUT2D eigenvalue weighted by Crippen LogP contribution is 2.35. The maximum atomic E-state index is 14.0. The number of hydrogen-bond acceptors (Lipinski definition) is 8. The number of halogens is 1. The molecule has 0 bridgehead atoms. The smallest absolute Gasteiger partial charge is 0.318 e. The van der Waals surface area contributed by atoms with Crippen molar-refractivity contribution in [2.24, 2.45) is 0 Å². The molecule has 0 N–H and O–H groups in total. The Hall–Kier alpha value is -4.20. The summed E-state index contributed by atoms with van der Waals surface area (Å²) < 4.78 is 6.18. The zero-order valence-electron chi connectivity index (χ0n) is 24.2. The monoisotopic (exact) mass is 599 g/mol. The minimum atomic E-state index is -0.316. The maximum Gasteiger partial charge on any atom is 0.318 e. The van der Waals surface area contributed by atoms with E-state index >= 15 is 0 Å². The molecular formula is C32H34ClN7O3. The van der Waals surface area contributed by atoms with Crippen LogP contribution in [-0.4, -0.2) is 88.4 Å². The number of rotatable bonds is 7. The second-order valence-electron chi connectivity index (χ2n) is 11.3. The summed E-state index contributed by atoms with van der Waals surface area (Å²) >= 11 is 6.56. The lowest BCUT2D eigenvalue weighted by molar-refractivity contribution is -0.128. The van der Waals surface area contributed by atoms with Gasteiger partial charge in [-0.1, -0.05) is 42.4 Å². The molecule has 2 atom stereocenters. The Labute approximate surface area is 256 Å². The lowest BCUT2D eigenvalue weighted by Crippen LogP contribution is -2.55. The molecule has 0 radical (unpaired) electrons. The van der Waals surface area contributed by atoms with Crippen LogP contribution in [0.1, 0.15) is 40.9 Å². The number of nitrogens with zero attached hydrogens (tertiary/aromatic N) is 7. The lowest BCUT2D eigenvalue weighted by Gasteiger charge is -2.41. The van der Waals surface area contributed by atoms with E-state index in [2.05, 4.69) is 29.5 Å². The molecule has 6 rings (SSSR count). The van der Waals surface area contributed by atoms with E-state index in [1.807, 2.05) is 24.3 Å². The Morgan fingerprint density at radius 3 is 2.70 bits per heavy atom. The summed E-state index contributed by atoms with van der Waals surface area (Å²) in [5.74, 6) is 0.351. The predicted octanol–water partition coefficient (Wildman–Crippen LogP) is 4.03. The van der Waals surface area contributed by atoms with Gasteiger partial charge in [0.1, 0.15) is 12.4 Å². The Morgan fingerprint density at radius 1 is 1.14 bits per heavy atom. The first-order valence-corrected chi connectivity index (χ1v) is 15.0. The molecule has 0 spiro atoms. The van der Waals surface area contributed by atoms with Gasteiger partial charge >= 0.3 is 6.01 Å². The molecule has 1 aromatic heterocycles. The van der Waals surface area contributed by atoms with E-state index < -0.39 is 0 Å². The number of amides is 2. The second-order valence-corrected chi connectivity index (χ2v) is 11.8. The van der Waals surface area contributed by atoms with Crippen LogP contribution < -0.4 is 9.64 Å². The average molecular weight is 600 g/mol. The van der Waals surface area contributed by atoms with Crippen LogP contribution in [0, 0.1) is 11.3 Å². The fourth-order valence-electron chi connectivity index (χ4n) is 6.42. The summed E-state index contributed by atoms with van der Waals surface area (Å²) in [5, 5.41) is 11.7. The standard InChI is InChI=1S/C32H34ClN7O3/c1-3-28(41)40-16-15-38(17-22(40)12-13-34)30-25-18-39(31(42)24-10-4-7-21-8-5-11-26(33)29(21)24)19-27(25)35-32(36-30)43-20-23-9-6-14-37(23)2/h3-5,7-8,10-11,22-23H,1,6,9,12,14-20H2,2H3/t22-,23-/m0/s1. The third-order valence-corrected chi connectivity index (χ3v) is 9.07. The van der Waals surface area contributed by atoms with E-state index in [4.69, 9.17) is 26.3 Å². The molecule has 0 unspecified atom stereocenters. The largest absolute Gasteiger partial charge is 0.462 e. The first-order valence-electron chi connectivity index (χ1n) is 14.6. The zero-order chi connectivity index (χ0) is 30.1. The molecule has 0 saturated carbocycles. The molecule has 0 aliphatic carbocycles. The van der Waals surface area contributed by atoms with Crippen LogP contribution in [-0.2, 0) is 17.9 Å². The predicted molar refractivity (Wildman–Crippen MR) is 164 cm³/mol. The molecular weight excluding hydrogens is 566 g/mol. The topological polar surface area (TPSA) is 106 Å². The Kier molecular flexibility index (Phi) is 8.19. The third kappa shape index (κ3) is 5.63. The summed E-state index contributed by atoms with van der Waals surface area (Å²) in [5.41, 5.74) is 2.13. The van der Waals surface area contributed by atoms with Crippen LogP contribution in [0.5, 0.6) is 6.01 Å². The SMILES string of the molecule is C=CC(=O)N1CCN(c2nc(OC[C@@H]3CCCN3C)nc3c2CN(C(=O)c2cccc4cccc(Cl)c24)C3)C[C@@H]1CC#N. The first kappa shape index (κ1) is 28.9. The quantitative estimate of drug-likeness (QED) is 0.375. The van der Waals surface area contributed by atoms with Crippen molar-refractivity contribution in [1.29, 1.82) is 5.26 Å². The molecule has 10 nitrogen and oxygen atoms in total. The Morgan fingerprint density at radius 2 is 1.95 bits per heavy atom. The lowest BCUT2D eigenvalue weighted by atomic mass is 10.0. The molecule has 2 aromatic carbocycles. The van der Waals surface area contributed by atoms with E-state index in [9.17, 15) is 14.9 Å². The fourth-order valence-corrected chi connectivity index (χ4v) is 6.71. The van der Waals surface area contributed by atoms with E-state index in [0.717, 1.165) is 41.4 Å². The van der Waals surface area contributed by atoms with Crippen LogP contribution in [0.3, 0.4) is 0 Å². The van der Waals surface area contributed by atoms with Crippen molar-refractivity contribution in [3.05, 3.63) is 70.9 Å². The first-order chi connectivity index (χ1) is 20.9. The number of aromatic nitrogens is 2. The number of benzene rings is 2. The van der Waals surface area contributed by atoms with Gasteiger partial charge in [0.15, 0.2) is 0 Å². The summed E-state index contributed by atoms with van der Waals surface area (Å²) in [6.45, 7) is 7.14. The number of fused-ring (bicyclic) bond motifs is 2. The van der Waals surface area contributed by atoms with Gasteiger partial charge in [-0.15, -0.1) is 0 Å². The number of carbonyl (C=O) groups excluding carboxylic acids is 2. The number of carbonyl (C=O) groups is 2. The molecule has 4 heterocycles. The number of likely N-dealkylation sites (N-methyl/N-ethyl adjacent to an activating group) is 1. The number of piperazine rings is 1. The number of nitriles is 1. The van der Waals surface area contributed by atoms with Crippen molar-refractivity contribution in [2.75, 3.05) is 44.7 Å². The van der Waals surface area contributed by atoms with E-state index in [1.54, 1.807) is 21.9 Å². The second kappa shape index (κ2) is 12.2. The van der Waals surface area contributed by atoms with Crippen LogP contribution >= 0.6 is 11.6 Å². The highest BCUT2D eigenvalue weighted by Gasteiger charge is 2.36. The molecule has 222 valence electrons. The number of anilines is 1. The molecule has 2 saturated heterocycles. The summed E-state index contributed by atoms with van der Waals surface area (Å²) in [4.78, 5) is 44.0. The van der Waals surface area contributed by atoms with Crippen molar-refractivity contribution in [3.8, 4) is 12.1 Å². The van der Waals surface area contributed by atoms with E-state index in [-0.39, 0.29) is 30.3 Å². The van der Waals surface area contributed by atoms with Gasteiger partial charge in [-0.2, -0.15) is 15.2 Å². The highest BCUT2D eigenvalue weighted by atomic mass is 35.5. The average Bonchev–Trinajstić information content (AvgIpc) is 3.64. The van der Waals surface area contributed by atoms with Crippen LogP contribution in [0.15, 0.2) is 49.1 Å². The minimum Gasteiger partial charge on any atom is -0.462 e. The van der Waals surface area contributed by atoms with Gasteiger partial charge in [-0.25, -0.2) is 0 Å². The molecule has 43 heavy (non-hydrogen) atoms. The van der Waals surface area contributed by atoms with Crippen LogP contribution in [0.2, 0.25) is 5.02 Å². The van der Waals surface area contributed by atoms with Crippen molar-refractivity contribution in [1.82, 2.24) is 24.7 Å². The molecule has 3 aliphatic heterocycles. The van der Waals surface area contributed by atoms with Gasteiger partial charge in [-0.05, 0) is 50.0 Å². The molecule has 3 aliphatic rings. The fraction of sp³-hybridized carbons (Fsp3) is 0.406. The maximum absolute atomic E-state index is 14.0. The summed E-state index contributed by atoms with van der Waals surface area (Å²) in [6.07, 6.45) is 3.66.